The molecular weight excluding hydrogens is 322 g/mol. The molecule has 0 aliphatic carbocycles. The summed E-state index contributed by atoms with van der Waals surface area (Å²) in [4.78, 5) is 21.9. The Labute approximate surface area is 144 Å². The van der Waals surface area contributed by atoms with Crippen molar-refractivity contribution < 1.29 is 9.90 Å². The van der Waals surface area contributed by atoms with Gasteiger partial charge in [0.15, 0.2) is 0 Å². The highest BCUT2D eigenvalue weighted by molar-refractivity contribution is 7.21. The van der Waals surface area contributed by atoms with E-state index in [1.54, 1.807) is 11.3 Å². The van der Waals surface area contributed by atoms with Crippen LogP contribution in [0, 0.1) is 12.8 Å². The molecule has 1 aromatic carbocycles. The SMILES string of the molecule is Cc1ccc(-c2cc3c(N[C@H](C(=O)O)C(C)C)ncnc3s2)cc1. The van der Waals surface area contributed by atoms with Gasteiger partial charge in [-0.2, -0.15) is 0 Å². The fourth-order valence-corrected chi connectivity index (χ4v) is 3.50. The van der Waals surface area contributed by atoms with Crippen LogP contribution in [-0.4, -0.2) is 27.1 Å². The Balaban J connectivity index is 2.01. The molecule has 6 heteroatoms. The fraction of sp³-hybridized carbons (Fsp3) is 0.278. The van der Waals surface area contributed by atoms with Crippen molar-refractivity contribution in [2.24, 2.45) is 5.92 Å². The van der Waals surface area contributed by atoms with Crippen molar-refractivity contribution >= 4 is 33.3 Å². The van der Waals surface area contributed by atoms with Crippen LogP contribution < -0.4 is 5.32 Å². The molecule has 0 bridgehead atoms. The minimum atomic E-state index is -0.884. The van der Waals surface area contributed by atoms with Crippen molar-refractivity contribution in [3.05, 3.63) is 42.2 Å². The van der Waals surface area contributed by atoms with Gasteiger partial charge in [-0.3, -0.25) is 0 Å². The van der Waals surface area contributed by atoms with E-state index in [0.717, 1.165) is 20.7 Å². The van der Waals surface area contributed by atoms with E-state index in [1.165, 1.54) is 11.9 Å². The first-order chi connectivity index (χ1) is 11.5. The number of hydrogen-bond acceptors (Lipinski definition) is 5. The number of anilines is 1. The maximum Gasteiger partial charge on any atom is 0.326 e. The highest BCUT2D eigenvalue weighted by atomic mass is 32.1. The Hall–Kier alpha value is -2.47. The van der Waals surface area contributed by atoms with E-state index in [-0.39, 0.29) is 5.92 Å². The van der Waals surface area contributed by atoms with E-state index in [9.17, 15) is 9.90 Å². The van der Waals surface area contributed by atoms with Crippen molar-refractivity contribution in [3.8, 4) is 10.4 Å². The zero-order valence-electron chi connectivity index (χ0n) is 13.8. The van der Waals surface area contributed by atoms with Crippen LogP contribution in [0.5, 0.6) is 0 Å². The maximum atomic E-state index is 11.4. The van der Waals surface area contributed by atoms with Gasteiger partial charge in [-0.15, -0.1) is 11.3 Å². The second-order valence-electron chi connectivity index (χ2n) is 6.12. The molecule has 1 atom stereocenters. The molecule has 0 spiro atoms. The van der Waals surface area contributed by atoms with Gasteiger partial charge in [-0.1, -0.05) is 43.7 Å². The first kappa shape index (κ1) is 16.4. The predicted octanol–water partition coefficient (Wildman–Crippen LogP) is 4.19. The van der Waals surface area contributed by atoms with Crippen LogP contribution in [0.1, 0.15) is 19.4 Å². The Morgan fingerprint density at radius 2 is 1.92 bits per heavy atom. The minimum Gasteiger partial charge on any atom is -0.480 e. The number of carbonyl (C=O) groups is 1. The molecule has 24 heavy (non-hydrogen) atoms. The number of fused-ring (bicyclic) bond motifs is 1. The van der Waals surface area contributed by atoms with E-state index >= 15 is 0 Å². The molecule has 0 aliphatic rings. The smallest absolute Gasteiger partial charge is 0.326 e. The topological polar surface area (TPSA) is 75.1 Å². The summed E-state index contributed by atoms with van der Waals surface area (Å²) in [6.45, 7) is 5.80. The second-order valence-corrected chi connectivity index (χ2v) is 7.15. The van der Waals surface area contributed by atoms with Crippen molar-refractivity contribution in [2.75, 3.05) is 5.32 Å². The molecule has 5 nitrogen and oxygen atoms in total. The Morgan fingerprint density at radius 1 is 1.21 bits per heavy atom. The largest absolute Gasteiger partial charge is 0.480 e. The number of thiophene rings is 1. The zero-order valence-corrected chi connectivity index (χ0v) is 14.6. The van der Waals surface area contributed by atoms with E-state index < -0.39 is 12.0 Å². The van der Waals surface area contributed by atoms with Crippen molar-refractivity contribution in [2.45, 2.75) is 26.8 Å². The molecule has 0 aliphatic heterocycles. The summed E-state index contributed by atoms with van der Waals surface area (Å²) >= 11 is 1.58. The monoisotopic (exact) mass is 341 g/mol. The number of rotatable bonds is 5. The zero-order chi connectivity index (χ0) is 17.3. The van der Waals surface area contributed by atoms with Crippen molar-refractivity contribution in [1.82, 2.24) is 9.97 Å². The number of nitrogens with zero attached hydrogens (tertiary/aromatic N) is 2. The fourth-order valence-electron chi connectivity index (χ4n) is 2.49. The van der Waals surface area contributed by atoms with E-state index in [1.807, 2.05) is 19.9 Å². The quantitative estimate of drug-likeness (QED) is 0.728. The Kier molecular flexibility index (Phi) is 4.49. The molecule has 3 aromatic rings. The molecular formula is C18H19N3O2S. The van der Waals surface area contributed by atoms with Gasteiger partial charge in [0.25, 0.3) is 0 Å². The van der Waals surface area contributed by atoms with Crippen LogP contribution in [0.4, 0.5) is 5.82 Å². The number of nitrogens with one attached hydrogen (secondary N) is 1. The summed E-state index contributed by atoms with van der Waals surface area (Å²) in [6, 6.07) is 9.63. The van der Waals surface area contributed by atoms with Gasteiger partial charge >= 0.3 is 5.97 Å². The molecule has 0 radical (unpaired) electrons. The lowest BCUT2D eigenvalue weighted by atomic mass is 10.0. The summed E-state index contributed by atoms with van der Waals surface area (Å²) in [5.41, 5.74) is 2.33. The number of hydrogen-bond donors (Lipinski definition) is 2. The highest BCUT2D eigenvalue weighted by Crippen LogP contribution is 2.35. The molecule has 2 N–H and O–H groups in total. The molecule has 124 valence electrons. The summed E-state index contributed by atoms with van der Waals surface area (Å²) in [5, 5.41) is 13.3. The number of aryl methyl sites for hydroxylation is 1. The molecule has 0 unspecified atom stereocenters. The second kappa shape index (κ2) is 6.57. The van der Waals surface area contributed by atoms with E-state index in [4.69, 9.17) is 0 Å². The van der Waals surface area contributed by atoms with Crippen LogP contribution in [0.2, 0.25) is 0 Å². The van der Waals surface area contributed by atoms with Crippen LogP contribution >= 0.6 is 11.3 Å². The molecule has 2 aromatic heterocycles. The first-order valence-electron chi connectivity index (χ1n) is 7.76. The van der Waals surface area contributed by atoms with Gasteiger partial charge in [0.1, 0.15) is 23.0 Å². The van der Waals surface area contributed by atoms with E-state index in [2.05, 4.69) is 46.5 Å². The first-order valence-corrected chi connectivity index (χ1v) is 8.58. The Bertz CT molecular complexity index is 872. The molecule has 2 heterocycles. The highest BCUT2D eigenvalue weighted by Gasteiger charge is 2.23. The molecule has 0 amide bonds. The lowest BCUT2D eigenvalue weighted by Crippen LogP contribution is -2.34. The van der Waals surface area contributed by atoms with Gasteiger partial charge in [0.05, 0.1) is 5.39 Å². The normalized spacial score (nSPS) is 12.5. The third kappa shape index (κ3) is 3.23. The van der Waals surface area contributed by atoms with Crippen LogP contribution in [0.15, 0.2) is 36.7 Å². The number of aliphatic carboxylic acids is 1. The van der Waals surface area contributed by atoms with Crippen LogP contribution in [-0.2, 0) is 4.79 Å². The standard InChI is InChI=1S/C18H19N3O2S/c1-10(2)15(18(22)23)21-16-13-8-14(24-17(13)20-9-19-16)12-6-4-11(3)5-7-12/h4-10,15H,1-3H3,(H,22,23)(H,19,20,21)/t15-/m0/s1. The van der Waals surface area contributed by atoms with Crippen LogP contribution in [0.25, 0.3) is 20.7 Å². The summed E-state index contributed by atoms with van der Waals surface area (Å²) in [6.07, 6.45) is 1.47. The average Bonchev–Trinajstić information content (AvgIpc) is 2.97. The Morgan fingerprint density at radius 3 is 2.54 bits per heavy atom. The third-order valence-electron chi connectivity index (χ3n) is 3.89. The average molecular weight is 341 g/mol. The third-order valence-corrected chi connectivity index (χ3v) is 4.98. The van der Waals surface area contributed by atoms with Gasteiger partial charge in [0, 0.05) is 4.88 Å². The lowest BCUT2D eigenvalue weighted by Gasteiger charge is -2.18. The lowest BCUT2D eigenvalue weighted by molar-refractivity contribution is -0.138. The van der Waals surface area contributed by atoms with Crippen molar-refractivity contribution in [3.63, 3.8) is 0 Å². The van der Waals surface area contributed by atoms with Gasteiger partial charge in [-0.05, 0) is 24.5 Å². The maximum absolute atomic E-state index is 11.4. The molecule has 0 fully saturated rings. The molecule has 0 saturated carbocycles. The summed E-state index contributed by atoms with van der Waals surface area (Å²) in [5.74, 6) is -0.371. The van der Waals surface area contributed by atoms with Crippen molar-refractivity contribution in [1.29, 1.82) is 0 Å². The number of carboxylic acid groups (broad SMARTS) is 1. The molecule has 0 saturated heterocycles. The number of aromatic nitrogens is 2. The van der Waals surface area contributed by atoms with Gasteiger partial charge in [0.2, 0.25) is 0 Å². The predicted molar refractivity (Wildman–Crippen MR) is 97.5 cm³/mol. The van der Waals surface area contributed by atoms with E-state index in [0.29, 0.717) is 5.82 Å². The number of benzene rings is 1. The summed E-state index contributed by atoms with van der Waals surface area (Å²) < 4.78 is 0. The minimum absolute atomic E-state index is 0.0530. The van der Waals surface area contributed by atoms with Crippen LogP contribution in [0.3, 0.4) is 0 Å². The summed E-state index contributed by atoms with van der Waals surface area (Å²) in [7, 11) is 0. The van der Waals surface area contributed by atoms with Gasteiger partial charge in [-0.25, -0.2) is 14.8 Å². The van der Waals surface area contributed by atoms with Gasteiger partial charge < -0.3 is 10.4 Å². The number of carboxylic acids is 1. The molecule has 3 rings (SSSR count).